The van der Waals surface area contributed by atoms with Crippen LogP contribution in [0, 0.1) is 5.41 Å². The van der Waals surface area contributed by atoms with Gasteiger partial charge in [0.15, 0.2) is 0 Å². The second kappa shape index (κ2) is 4.92. The maximum absolute atomic E-state index is 11.5. The lowest BCUT2D eigenvalue weighted by molar-refractivity contribution is -0.131. The molecule has 2 N–H and O–H groups in total. The third kappa shape index (κ3) is 2.61. The number of carbonyl (C=O) groups excluding carboxylic acids is 1. The van der Waals surface area contributed by atoms with Crippen molar-refractivity contribution in [3.63, 3.8) is 0 Å². The van der Waals surface area contributed by atoms with Gasteiger partial charge in [-0.15, -0.1) is 0 Å². The van der Waals surface area contributed by atoms with Crippen molar-refractivity contribution in [2.75, 3.05) is 39.4 Å². The zero-order valence-electron chi connectivity index (χ0n) is 10.4. The summed E-state index contributed by atoms with van der Waals surface area (Å²) in [6, 6.07) is 0.345. The molecule has 2 saturated heterocycles. The second-order valence-electron chi connectivity index (χ2n) is 5.64. The normalized spacial score (nSPS) is 26.4. The molecule has 0 aliphatic carbocycles. The first-order chi connectivity index (χ1) is 8.08. The van der Waals surface area contributed by atoms with Crippen LogP contribution < -0.4 is 0 Å². The fourth-order valence-electron chi connectivity index (χ4n) is 2.76. The molecule has 2 aliphatic rings. The number of hydrogen-bond donors (Lipinski definition) is 2. The lowest BCUT2D eigenvalue weighted by Gasteiger charge is -2.41. The van der Waals surface area contributed by atoms with Crippen LogP contribution in [-0.2, 0) is 4.79 Å². The minimum atomic E-state index is -0.440. The van der Waals surface area contributed by atoms with Crippen LogP contribution in [0.4, 0.5) is 0 Å². The Morgan fingerprint density at radius 3 is 2.71 bits per heavy atom. The van der Waals surface area contributed by atoms with Gasteiger partial charge in [0.25, 0.3) is 0 Å². The number of aliphatic hydroxyl groups excluding tert-OH is 2. The Balaban J connectivity index is 1.91. The molecule has 0 aromatic heterocycles. The molecule has 0 aromatic rings. The highest BCUT2D eigenvalue weighted by atomic mass is 16.3. The lowest BCUT2D eigenvalue weighted by Crippen LogP contribution is -2.54. The van der Waals surface area contributed by atoms with Crippen LogP contribution in [-0.4, -0.2) is 71.4 Å². The minimum absolute atomic E-state index is 0.00664. The molecule has 17 heavy (non-hydrogen) atoms. The van der Waals surface area contributed by atoms with Gasteiger partial charge in [-0.2, -0.15) is 0 Å². The molecule has 98 valence electrons. The van der Waals surface area contributed by atoms with Gasteiger partial charge in [0.05, 0.1) is 13.2 Å². The minimum Gasteiger partial charge on any atom is -0.396 e. The number of nitrogens with zero attached hydrogens (tertiary/aromatic N) is 2. The molecule has 0 radical (unpaired) electrons. The number of aliphatic hydroxyl groups is 2. The fraction of sp³-hybridized carbons (Fsp3) is 0.917. The Morgan fingerprint density at radius 1 is 1.35 bits per heavy atom. The van der Waals surface area contributed by atoms with Crippen LogP contribution in [0.2, 0.25) is 0 Å². The Morgan fingerprint density at radius 2 is 2.06 bits per heavy atom. The molecule has 1 unspecified atom stereocenters. The van der Waals surface area contributed by atoms with E-state index in [-0.39, 0.29) is 19.1 Å². The number of hydrogen-bond acceptors (Lipinski definition) is 4. The molecule has 2 rings (SSSR count). The van der Waals surface area contributed by atoms with Crippen LogP contribution in [0.3, 0.4) is 0 Å². The van der Waals surface area contributed by atoms with E-state index in [1.165, 1.54) is 0 Å². The lowest BCUT2D eigenvalue weighted by atomic mass is 9.91. The third-order valence-corrected chi connectivity index (χ3v) is 3.95. The third-order valence-electron chi connectivity index (χ3n) is 3.95. The van der Waals surface area contributed by atoms with Gasteiger partial charge in [-0.05, 0) is 6.42 Å². The summed E-state index contributed by atoms with van der Waals surface area (Å²) in [5, 5.41) is 18.6. The summed E-state index contributed by atoms with van der Waals surface area (Å²) in [7, 11) is 0. The summed E-state index contributed by atoms with van der Waals surface area (Å²) in [4.78, 5) is 15.8. The van der Waals surface area contributed by atoms with E-state index < -0.39 is 5.41 Å². The van der Waals surface area contributed by atoms with Crippen LogP contribution >= 0.6 is 0 Å². The number of rotatable bonds is 4. The van der Waals surface area contributed by atoms with E-state index in [0.717, 1.165) is 26.1 Å². The first-order valence-corrected chi connectivity index (χ1v) is 6.31. The van der Waals surface area contributed by atoms with Crippen molar-refractivity contribution >= 4 is 5.91 Å². The van der Waals surface area contributed by atoms with Crippen LogP contribution in [0.15, 0.2) is 0 Å². The van der Waals surface area contributed by atoms with Gasteiger partial charge in [0.1, 0.15) is 0 Å². The van der Waals surface area contributed by atoms with Crippen molar-refractivity contribution in [3.8, 4) is 0 Å². The number of carbonyl (C=O) groups is 1. The molecule has 5 nitrogen and oxygen atoms in total. The zero-order valence-corrected chi connectivity index (χ0v) is 10.4. The molecule has 0 bridgehead atoms. The highest BCUT2D eigenvalue weighted by Gasteiger charge is 2.37. The van der Waals surface area contributed by atoms with E-state index in [4.69, 9.17) is 0 Å². The number of amides is 1. The van der Waals surface area contributed by atoms with Crippen molar-refractivity contribution in [2.45, 2.75) is 25.8 Å². The molecular formula is C12H22N2O3. The summed E-state index contributed by atoms with van der Waals surface area (Å²) >= 11 is 0. The zero-order chi connectivity index (χ0) is 12.5. The van der Waals surface area contributed by atoms with Gasteiger partial charge in [-0.1, -0.05) is 6.92 Å². The maximum atomic E-state index is 11.5. The van der Waals surface area contributed by atoms with Crippen LogP contribution in [0.1, 0.15) is 19.8 Å². The summed E-state index contributed by atoms with van der Waals surface area (Å²) in [6.07, 6.45) is 1.63. The van der Waals surface area contributed by atoms with Crippen molar-refractivity contribution in [1.82, 2.24) is 9.80 Å². The monoisotopic (exact) mass is 242 g/mol. The maximum Gasteiger partial charge on any atom is 0.222 e. The van der Waals surface area contributed by atoms with Crippen molar-refractivity contribution in [3.05, 3.63) is 0 Å². The summed E-state index contributed by atoms with van der Waals surface area (Å²) in [5.74, 6) is 0.279. The number of piperazine rings is 1. The van der Waals surface area contributed by atoms with Gasteiger partial charge < -0.3 is 15.1 Å². The number of fused-ring (bicyclic) bond motifs is 1. The highest BCUT2D eigenvalue weighted by Crippen LogP contribution is 2.25. The van der Waals surface area contributed by atoms with Crippen LogP contribution in [0.25, 0.3) is 0 Å². The van der Waals surface area contributed by atoms with E-state index in [2.05, 4.69) is 4.90 Å². The summed E-state index contributed by atoms with van der Waals surface area (Å²) in [5.41, 5.74) is -0.440. The average molecular weight is 242 g/mol. The Labute approximate surface area is 102 Å². The molecule has 2 fully saturated rings. The summed E-state index contributed by atoms with van der Waals surface area (Å²) < 4.78 is 0. The molecule has 1 atom stereocenters. The van der Waals surface area contributed by atoms with E-state index >= 15 is 0 Å². The van der Waals surface area contributed by atoms with Gasteiger partial charge in [0, 0.05) is 44.1 Å². The van der Waals surface area contributed by atoms with Gasteiger partial charge >= 0.3 is 0 Å². The van der Waals surface area contributed by atoms with E-state index in [0.29, 0.717) is 19.0 Å². The van der Waals surface area contributed by atoms with E-state index in [9.17, 15) is 15.0 Å². The molecule has 2 aliphatic heterocycles. The molecule has 0 aromatic carbocycles. The quantitative estimate of drug-likeness (QED) is 0.683. The predicted molar refractivity (Wildman–Crippen MR) is 63.5 cm³/mol. The average Bonchev–Trinajstić information content (AvgIpc) is 2.70. The molecule has 0 spiro atoms. The van der Waals surface area contributed by atoms with Gasteiger partial charge in [0.2, 0.25) is 5.91 Å². The van der Waals surface area contributed by atoms with Crippen molar-refractivity contribution < 1.29 is 15.0 Å². The fourth-order valence-corrected chi connectivity index (χ4v) is 2.76. The highest BCUT2D eigenvalue weighted by molar-refractivity contribution is 5.78. The van der Waals surface area contributed by atoms with Crippen LogP contribution in [0.5, 0.6) is 0 Å². The Hall–Kier alpha value is -0.650. The smallest absolute Gasteiger partial charge is 0.222 e. The van der Waals surface area contributed by atoms with E-state index in [1.54, 1.807) is 0 Å². The first kappa shape index (κ1) is 12.8. The SMILES string of the molecule is CC(CO)(CO)CN1CCN2C(=O)CCC2C1. The molecule has 0 saturated carbocycles. The first-order valence-electron chi connectivity index (χ1n) is 6.31. The second-order valence-corrected chi connectivity index (χ2v) is 5.64. The largest absolute Gasteiger partial charge is 0.396 e. The predicted octanol–water partition coefficient (Wildman–Crippen LogP) is -0.716. The Kier molecular flexibility index (Phi) is 3.70. The molecule has 5 heteroatoms. The standard InChI is InChI=1S/C12H22N2O3/c1-12(8-15,9-16)7-13-4-5-14-10(6-13)2-3-11(14)17/h10,15-16H,2-9H2,1H3. The van der Waals surface area contributed by atoms with Crippen molar-refractivity contribution in [1.29, 1.82) is 0 Å². The Bertz CT molecular complexity index is 291. The van der Waals surface area contributed by atoms with Gasteiger partial charge in [-0.25, -0.2) is 0 Å². The molecule has 2 heterocycles. The summed E-state index contributed by atoms with van der Waals surface area (Å²) in [6.45, 7) is 5.08. The molecular weight excluding hydrogens is 220 g/mol. The van der Waals surface area contributed by atoms with Gasteiger partial charge in [-0.3, -0.25) is 9.69 Å². The molecule has 1 amide bonds. The van der Waals surface area contributed by atoms with Crippen molar-refractivity contribution in [2.24, 2.45) is 5.41 Å². The van der Waals surface area contributed by atoms with E-state index in [1.807, 2.05) is 11.8 Å². The topological polar surface area (TPSA) is 64.0 Å².